The number of carbonyl (C=O) groups excluding carboxylic acids is 1. The van der Waals surface area contributed by atoms with Gasteiger partial charge in [0.25, 0.3) is 0 Å². The van der Waals surface area contributed by atoms with Crippen molar-refractivity contribution >= 4 is 23.2 Å². The fraction of sp³-hybridized carbons (Fsp3) is 0.762. The van der Waals surface area contributed by atoms with E-state index < -0.39 is 0 Å². The van der Waals surface area contributed by atoms with Crippen molar-refractivity contribution in [3.8, 4) is 0 Å². The fourth-order valence-corrected chi connectivity index (χ4v) is 4.98. The Bertz CT molecular complexity index is 687. The number of carbonyl (C=O) groups is 1. The lowest BCUT2D eigenvalue weighted by Gasteiger charge is -2.21. The molecule has 2 fully saturated rings. The molecule has 1 aliphatic carbocycles. The van der Waals surface area contributed by atoms with Crippen LogP contribution in [0.4, 0.5) is 0 Å². The van der Waals surface area contributed by atoms with E-state index >= 15 is 0 Å². The van der Waals surface area contributed by atoms with E-state index in [1.807, 2.05) is 4.90 Å². The molecular formula is C21H35N5OS. The zero-order chi connectivity index (χ0) is 20.1. The van der Waals surface area contributed by atoms with Crippen LogP contribution in [-0.4, -0.2) is 54.5 Å². The number of nitrogens with zero attached hydrogens (tertiary/aromatic N) is 3. The minimum absolute atomic E-state index is 0.101. The summed E-state index contributed by atoms with van der Waals surface area (Å²) in [6.07, 6.45) is 6.44. The van der Waals surface area contributed by atoms with Crippen LogP contribution in [0.25, 0.3) is 0 Å². The molecule has 1 unspecified atom stereocenters. The van der Waals surface area contributed by atoms with E-state index in [9.17, 15) is 4.79 Å². The number of aromatic nitrogens is 1. The van der Waals surface area contributed by atoms with Gasteiger partial charge < -0.3 is 15.5 Å². The minimum Gasteiger partial charge on any atom is -0.356 e. The maximum absolute atomic E-state index is 12.6. The third-order valence-electron chi connectivity index (χ3n) is 5.72. The van der Waals surface area contributed by atoms with Crippen LogP contribution < -0.4 is 10.6 Å². The van der Waals surface area contributed by atoms with Gasteiger partial charge in [-0.05, 0) is 19.3 Å². The molecule has 2 N–H and O–H groups in total. The smallest absolute Gasteiger partial charge is 0.225 e. The summed E-state index contributed by atoms with van der Waals surface area (Å²) in [5, 5.41) is 10.2. The van der Waals surface area contributed by atoms with Crippen LogP contribution in [0.1, 0.15) is 63.6 Å². The maximum Gasteiger partial charge on any atom is 0.225 e. The second kappa shape index (κ2) is 9.25. The van der Waals surface area contributed by atoms with E-state index in [4.69, 9.17) is 4.98 Å². The lowest BCUT2D eigenvalue weighted by Crippen LogP contribution is -2.45. The Labute approximate surface area is 173 Å². The second-order valence-electron chi connectivity index (χ2n) is 9.02. The Morgan fingerprint density at radius 2 is 2.07 bits per heavy atom. The quantitative estimate of drug-likeness (QED) is 0.584. The largest absolute Gasteiger partial charge is 0.356 e. The van der Waals surface area contributed by atoms with Gasteiger partial charge in [-0.3, -0.25) is 9.79 Å². The van der Waals surface area contributed by atoms with Gasteiger partial charge in [0.2, 0.25) is 5.91 Å². The summed E-state index contributed by atoms with van der Waals surface area (Å²) in [7, 11) is 1.80. The molecule has 156 valence electrons. The molecule has 0 bridgehead atoms. The first-order chi connectivity index (χ1) is 13.4. The van der Waals surface area contributed by atoms with Crippen molar-refractivity contribution in [2.45, 2.75) is 70.8 Å². The Morgan fingerprint density at radius 3 is 2.71 bits per heavy atom. The van der Waals surface area contributed by atoms with Crippen LogP contribution in [0.5, 0.6) is 0 Å². The predicted molar refractivity (Wildman–Crippen MR) is 116 cm³/mol. The number of hydrogen-bond acceptors (Lipinski definition) is 4. The van der Waals surface area contributed by atoms with E-state index in [1.54, 1.807) is 18.4 Å². The average Bonchev–Trinajstić information content (AvgIpc) is 3.40. The predicted octanol–water partition coefficient (Wildman–Crippen LogP) is 2.94. The van der Waals surface area contributed by atoms with Gasteiger partial charge in [-0.2, -0.15) is 0 Å². The standard InChI is InChI=1S/C21H35N5OS/c1-21(2,3)17-14-28-18(25-17)9-11-23-20(22-4)24-16-10-12-26(13-16)19(27)15-7-5-6-8-15/h14-16H,5-13H2,1-4H3,(H2,22,23,24). The summed E-state index contributed by atoms with van der Waals surface area (Å²) in [5.41, 5.74) is 1.26. The highest BCUT2D eigenvalue weighted by Crippen LogP contribution is 2.28. The van der Waals surface area contributed by atoms with E-state index in [2.05, 4.69) is 41.8 Å². The molecule has 1 aromatic heterocycles. The van der Waals surface area contributed by atoms with Gasteiger partial charge in [0, 0.05) is 55.9 Å². The van der Waals surface area contributed by atoms with Crippen molar-refractivity contribution < 1.29 is 4.79 Å². The monoisotopic (exact) mass is 405 g/mol. The molecular weight excluding hydrogens is 370 g/mol. The number of aliphatic imine (C=N–C) groups is 1. The van der Waals surface area contributed by atoms with Crippen molar-refractivity contribution in [1.82, 2.24) is 20.5 Å². The van der Waals surface area contributed by atoms with Crippen LogP contribution >= 0.6 is 11.3 Å². The van der Waals surface area contributed by atoms with Gasteiger partial charge in [0.05, 0.1) is 10.7 Å². The summed E-state index contributed by atoms with van der Waals surface area (Å²) in [4.78, 5) is 23.7. The Hall–Kier alpha value is -1.63. The molecule has 1 saturated carbocycles. The van der Waals surface area contributed by atoms with Gasteiger partial charge in [-0.25, -0.2) is 4.98 Å². The van der Waals surface area contributed by atoms with Gasteiger partial charge in [-0.15, -0.1) is 11.3 Å². The van der Waals surface area contributed by atoms with Gasteiger partial charge in [0.1, 0.15) is 0 Å². The Kier molecular flexibility index (Phi) is 6.96. The number of thiazole rings is 1. The van der Waals surface area contributed by atoms with E-state index in [0.29, 0.717) is 5.91 Å². The van der Waals surface area contributed by atoms with E-state index in [0.717, 1.165) is 62.0 Å². The minimum atomic E-state index is 0.101. The van der Waals surface area contributed by atoms with E-state index in [-0.39, 0.29) is 17.4 Å². The fourth-order valence-electron chi connectivity index (χ4n) is 3.96. The lowest BCUT2D eigenvalue weighted by atomic mass is 9.93. The topological polar surface area (TPSA) is 69.6 Å². The summed E-state index contributed by atoms with van der Waals surface area (Å²) in [5.74, 6) is 1.45. The molecule has 1 atom stereocenters. The van der Waals surface area contributed by atoms with Crippen LogP contribution in [0, 0.1) is 5.92 Å². The summed E-state index contributed by atoms with van der Waals surface area (Å²) < 4.78 is 0. The highest BCUT2D eigenvalue weighted by atomic mass is 32.1. The third-order valence-corrected chi connectivity index (χ3v) is 6.63. The van der Waals surface area contributed by atoms with Crippen LogP contribution in [0.15, 0.2) is 10.4 Å². The first-order valence-electron chi connectivity index (χ1n) is 10.6. The zero-order valence-corrected chi connectivity index (χ0v) is 18.6. The molecule has 0 spiro atoms. The highest BCUT2D eigenvalue weighted by molar-refractivity contribution is 7.09. The molecule has 1 aromatic rings. The second-order valence-corrected chi connectivity index (χ2v) is 9.96. The van der Waals surface area contributed by atoms with Crippen molar-refractivity contribution in [3.63, 3.8) is 0 Å². The number of hydrogen-bond donors (Lipinski definition) is 2. The normalized spacial score (nSPS) is 21.4. The number of guanidine groups is 1. The first kappa shape index (κ1) is 21.1. The molecule has 6 nitrogen and oxygen atoms in total. The van der Waals surface area contributed by atoms with Gasteiger partial charge in [-0.1, -0.05) is 33.6 Å². The number of amides is 1. The molecule has 2 heterocycles. The molecule has 1 aliphatic heterocycles. The van der Waals surface area contributed by atoms with Crippen LogP contribution in [0.3, 0.4) is 0 Å². The van der Waals surface area contributed by atoms with Crippen molar-refractivity contribution in [3.05, 3.63) is 16.1 Å². The van der Waals surface area contributed by atoms with Gasteiger partial charge in [0.15, 0.2) is 5.96 Å². The SMILES string of the molecule is CN=C(NCCc1nc(C(C)(C)C)cs1)NC1CCN(C(=O)C2CCCC2)C1. The molecule has 1 saturated heterocycles. The first-order valence-corrected chi connectivity index (χ1v) is 11.5. The number of nitrogens with one attached hydrogen (secondary N) is 2. The molecule has 28 heavy (non-hydrogen) atoms. The van der Waals surface area contributed by atoms with Crippen LogP contribution in [-0.2, 0) is 16.6 Å². The van der Waals surface area contributed by atoms with Crippen molar-refractivity contribution in [1.29, 1.82) is 0 Å². The molecule has 1 amide bonds. The maximum atomic E-state index is 12.6. The van der Waals surface area contributed by atoms with Crippen molar-refractivity contribution in [2.24, 2.45) is 10.9 Å². The number of rotatable bonds is 5. The lowest BCUT2D eigenvalue weighted by molar-refractivity contribution is -0.134. The zero-order valence-electron chi connectivity index (χ0n) is 17.8. The average molecular weight is 406 g/mol. The molecule has 2 aliphatic rings. The molecule has 0 aromatic carbocycles. The third kappa shape index (κ3) is 5.46. The van der Waals surface area contributed by atoms with Crippen LogP contribution in [0.2, 0.25) is 0 Å². The van der Waals surface area contributed by atoms with Gasteiger partial charge >= 0.3 is 0 Å². The summed E-state index contributed by atoms with van der Waals surface area (Å²) >= 11 is 1.73. The highest BCUT2D eigenvalue weighted by Gasteiger charge is 2.32. The summed E-state index contributed by atoms with van der Waals surface area (Å²) in [6.45, 7) is 9.03. The van der Waals surface area contributed by atoms with Crippen molar-refractivity contribution in [2.75, 3.05) is 26.7 Å². The molecule has 3 rings (SSSR count). The Morgan fingerprint density at radius 1 is 1.32 bits per heavy atom. The molecule has 0 radical (unpaired) electrons. The number of likely N-dealkylation sites (tertiary alicyclic amines) is 1. The van der Waals surface area contributed by atoms with E-state index in [1.165, 1.54) is 12.8 Å². The molecule has 7 heteroatoms. The summed E-state index contributed by atoms with van der Waals surface area (Å²) in [6, 6.07) is 0.281. The Balaban J connectivity index is 1.41.